The molecule has 3 N–H and O–H groups in total. The summed E-state index contributed by atoms with van der Waals surface area (Å²) in [7, 11) is 0. The molecule has 98 valence electrons. The second kappa shape index (κ2) is 5.98. The Bertz CT molecular complexity index is 415. The Morgan fingerprint density at radius 1 is 1.33 bits per heavy atom. The molecule has 0 fully saturated rings. The molecule has 0 bridgehead atoms. The number of nitrogens with one attached hydrogen (secondary N) is 1. The van der Waals surface area contributed by atoms with Crippen LogP contribution in [0.3, 0.4) is 0 Å². The first kappa shape index (κ1) is 13.1. The summed E-state index contributed by atoms with van der Waals surface area (Å²) in [5.74, 6) is -0.259. The third kappa shape index (κ3) is 2.71. The molecule has 0 radical (unpaired) electrons. The number of aliphatic hydroxyl groups is 2. The Labute approximate surface area is 107 Å². The van der Waals surface area contributed by atoms with E-state index in [1.165, 1.54) is 5.56 Å². The largest absolute Gasteiger partial charge is 0.394 e. The van der Waals surface area contributed by atoms with Crippen LogP contribution in [0.15, 0.2) is 24.3 Å². The van der Waals surface area contributed by atoms with Crippen molar-refractivity contribution in [3.8, 4) is 0 Å². The lowest BCUT2D eigenvalue weighted by Crippen LogP contribution is -2.43. The van der Waals surface area contributed by atoms with Crippen molar-refractivity contribution < 1.29 is 15.0 Å². The lowest BCUT2D eigenvalue weighted by molar-refractivity contribution is -0.124. The van der Waals surface area contributed by atoms with Gasteiger partial charge in [-0.1, -0.05) is 24.3 Å². The van der Waals surface area contributed by atoms with Gasteiger partial charge < -0.3 is 15.5 Å². The minimum atomic E-state index is -0.563. The van der Waals surface area contributed by atoms with Gasteiger partial charge in [0.25, 0.3) is 0 Å². The Hall–Kier alpha value is -1.39. The van der Waals surface area contributed by atoms with Gasteiger partial charge >= 0.3 is 0 Å². The standard InChI is InChI=1S/C14H19NO3/c16-8-11(9-17)15-14(18)13-7-3-5-10-4-1-2-6-12(10)13/h1-2,4,6,11,13,16-17H,3,5,7-9H2,(H,15,18). The molecule has 1 aromatic rings. The van der Waals surface area contributed by atoms with Crippen molar-refractivity contribution in [1.82, 2.24) is 5.32 Å². The van der Waals surface area contributed by atoms with Crippen LogP contribution in [0.4, 0.5) is 0 Å². The second-order valence-corrected chi connectivity index (χ2v) is 4.71. The van der Waals surface area contributed by atoms with Crippen LogP contribution < -0.4 is 5.32 Å². The van der Waals surface area contributed by atoms with Gasteiger partial charge in [-0.15, -0.1) is 0 Å². The normalized spacial score (nSPS) is 18.5. The highest BCUT2D eigenvalue weighted by molar-refractivity contribution is 5.84. The summed E-state index contributed by atoms with van der Waals surface area (Å²) in [6, 6.07) is 7.42. The zero-order valence-corrected chi connectivity index (χ0v) is 10.3. The van der Waals surface area contributed by atoms with Gasteiger partial charge in [0.2, 0.25) is 5.91 Å². The van der Waals surface area contributed by atoms with Gasteiger partial charge in [-0.25, -0.2) is 0 Å². The Kier molecular flexibility index (Phi) is 4.33. The van der Waals surface area contributed by atoms with Crippen LogP contribution in [0.5, 0.6) is 0 Å². The average Bonchev–Trinajstić information content (AvgIpc) is 2.43. The maximum Gasteiger partial charge on any atom is 0.227 e. The third-order valence-corrected chi connectivity index (χ3v) is 3.47. The van der Waals surface area contributed by atoms with E-state index in [4.69, 9.17) is 10.2 Å². The number of rotatable bonds is 4. The highest BCUT2D eigenvalue weighted by Crippen LogP contribution is 2.31. The smallest absolute Gasteiger partial charge is 0.227 e. The van der Waals surface area contributed by atoms with Crippen molar-refractivity contribution in [2.24, 2.45) is 0 Å². The topological polar surface area (TPSA) is 69.6 Å². The van der Waals surface area contributed by atoms with Gasteiger partial charge in [0, 0.05) is 0 Å². The maximum absolute atomic E-state index is 12.2. The van der Waals surface area contributed by atoms with Crippen molar-refractivity contribution in [2.75, 3.05) is 13.2 Å². The van der Waals surface area contributed by atoms with E-state index in [1.807, 2.05) is 18.2 Å². The lowest BCUT2D eigenvalue weighted by Gasteiger charge is -2.26. The van der Waals surface area contributed by atoms with E-state index in [0.717, 1.165) is 24.8 Å². The predicted molar refractivity (Wildman–Crippen MR) is 68.2 cm³/mol. The number of amides is 1. The molecule has 1 aromatic carbocycles. The Balaban J connectivity index is 2.12. The number of hydrogen-bond donors (Lipinski definition) is 3. The number of aryl methyl sites for hydroxylation is 1. The molecule has 4 nitrogen and oxygen atoms in total. The van der Waals surface area contributed by atoms with Gasteiger partial charge in [0.05, 0.1) is 25.2 Å². The first-order valence-electron chi connectivity index (χ1n) is 6.36. The van der Waals surface area contributed by atoms with E-state index in [1.54, 1.807) is 0 Å². The molecule has 4 heteroatoms. The molecular weight excluding hydrogens is 230 g/mol. The Morgan fingerprint density at radius 2 is 2.06 bits per heavy atom. The first-order chi connectivity index (χ1) is 8.76. The molecule has 0 saturated carbocycles. The number of benzene rings is 1. The van der Waals surface area contributed by atoms with Crippen molar-refractivity contribution in [3.05, 3.63) is 35.4 Å². The van der Waals surface area contributed by atoms with Gasteiger partial charge in [-0.05, 0) is 30.4 Å². The highest BCUT2D eigenvalue weighted by Gasteiger charge is 2.27. The SMILES string of the molecule is O=C(NC(CO)CO)C1CCCc2ccccc21. The van der Waals surface area contributed by atoms with E-state index in [-0.39, 0.29) is 25.0 Å². The van der Waals surface area contributed by atoms with Crippen LogP contribution >= 0.6 is 0 Å². The number of hydrogen-bond acceptors (Lipinski definition) is 3. The molecule has 0 aromatic heterocycles. The van der Waals surface area contributed by atoms with E-state index < -0.39 is 6.04 Å². The van der Waals surface area contributed by atoms with Crippen LogP contribution in [-0.4, -0.2) is 35.4 Å². The molecule has 1 atom stereocenters. The van der Waals surface area contributed by atoms with Crippen LogP contribution in [0.2, 0.25) is 0 Å². The fourth-order valence-electron chi connectivity index (χ4n) is 2.48. The number of aliphatic hydroxyl groups excluding tert-OH is 2. The second-order valence-electron chi connectivity index (χ2n) is 4.71. The molecule has 0 heterocycles. The molecule has 1 amide bonds. The summed E-state index contributed by atoms with van der Waals surface area (Å²) in [6.45, 7) is -0.479. The van der Waals surface area contributed by atoms with Gasteiger partial charge in [-0.2, -0.15) is 0 Å². The minimum absolute atomic E-state index is 0.102. The van der Waals surface area contributed by atoms with Crippen LogP contribution in [0, 0.1) is 0 Å². The molecule has 0 spiro atoms. The zero-order chi connectivity index (χ0) is 13.0. The van der Waals surface area contributed by atoms with E-state index in [0.29, 0.717) is 0 Å². The first-order valence-corrected chi connectivity index (χ1v) is 6.36. The van der Waals surface area contributed by atoms with Crippen molar-refractivity contribution >= 4 is 5.91 Å². The predicted octanol–water partition coefficient (Wildman–Crippen LogP) is 0.576. The Morgan fingerprint density at radius 3 is 2.78 bits per heavy atom. The van der Waals surface area contributed by atoms with Gasteiger partial charge in [0.15, 0.2) is 0 Å². The third-order valence-electron chi connectivity index (χ3n) is 3.47. The fraction of sp³-hybridized carbons (Fsp3) is 0.500. The van der Waals surface area contributed by atoms with E-state index in [9.17, 15) is 4.79 Å². The summed E-state index contributed by atoms with van der Waals surface area (Å²) in [5.41, 5.74) is 2.31. The molecule has 18 heavy (non-hydrogen) atoms. The summed E-state index contributed by atoms with van der Waals surface area (Å²) < 4.78 is 0. The lowest BCUT2D eigenvalue weighted by atomic mass is 9.82. The molecule has 0 saturated heterocycles. The summed E-state index contributed by atoms with van der Waals surface area (Å²) in [5, 5.41) is 20.7. The van der Waals surface area contributed by atoms with E-state index in [2.05, 4.69) is 11.4 Å². The van der Waals surface area contributed by atoms with Crippen molar-refractivity contribution in [1.29, 1.82) is 0 Å². The van der Waals surface area contributed by atoms with Crippen molar-refractivity contribution in [2.45, 2.75) is 31.2 Å². The number of carbonyl (C=O) groups is 1. The van der Waals surface area contributed by atoms with Crippen LogP contribution in [0.25, 0.3) is 0 Å². The van der Waals surface area contributed by atoms with Gasteiger partial charge in [0.1, 0.15) is 0 Å². The summed E-state index contributed by atoms with van der Waals surface area (Å²) >= 11 is 0. The van der Waals surface area contributed by atoms with E-state index >= 15 is 0 Å². The van der Waals surface area contributed by atoms with Crippen molar-refractivity contribution in [3.63, 3.8) is 0 Å². The quantitative estimate of drug-likeness (QED) is 0.731. The summed E-state index contributed by atoms with van der Waals surface area (Å²) in [6.07, 6.45) is 2.84. The molecule has 1 unspecified atom stereocenters. The summed E-state index contributed by atoms with van der Waals surface area (Å²) in [4.78, 5) is 12.2. The zero-order valence-electron chi connectivity index (χ0n) is 10.3. The van der Waals surface area contributed by atoms with Crippen LogP contribution in [0.1, 0.15) is 29.9 Å². The highest BCUT2D eigenvalue weighted by atomic mass is 16.3. The molecule has 0 aliphatic heterocycles. The molecule has 1 aliphatic rings. The monoisotopic (exact) mass is 249 g/mol. The molecule has 2 rings (SSSR count). The maximum atomic E-state index is 12.2. The fourth-order valence-corrected chi connectivity index (χ4v) is 2.48. The van der Waals surface area contributed by atoms with Crippen LogP contribution in [-0.2, 0) is 11.2 Å². The average molecular weight is 249 g/mol. The molecule has 1 aliphatic carbocycles. The number of fused-ring (bicyclic) bond motifs is 1. The van der Waals surface area contributed by atoms with Gasteiger partial charge in [-0.3, -0.25) is 4.79 Å². The minimum Gasteiger partial charge on any atom is -0.394 e. The number of carbonyl (C=O) groups excluding carboxylic acids is 1. The molecular formula is C14H19NO3.